The minimum Gasteiger partial charge on any atom is -0.497 e. The number of carbonyl (C=O) groups excluding carboxylic acids is 2. The maximum absolute atomic E-state index is 13.7. The van der Waals surface area contributed by atoms with E-state index in [2.05, 4.69) is 5.32 Å². The first kappa shape index (κ1) is 25.0. The van der Waals surface area contributed by atoms with Crippen LogP contribution in [0.15, 0.2) is 84.9 Å². The fraction of sp³-hybridized carbons (Fsp3) is 0.310. The molecule has 0 heterocycles. The molecule has 5 nitrogen and oxygen atoms in total. The monoisotopic (exact) mass is 458 g/mol. The lowest BCUT2D eigenvalue weighted by Gasteiger charge is -2.34. The van der Waals surface area contributed by atoms with E-state index in [0.29, 0.717) is 13.0 Å². The van der Waals surface area contributed by atoms with E-state index in [1.54, 1.807) is 12.0 Å². The number of benzene rings is 3. The topological polar surface area (TPSA) is 58.6 Å². The summed E-state index contributed by atoms with van der Waals surface area (Å²) in [7, 11) is 1.61. The number of nitrogens with zero attached hydrogens (tertiary/aromatic N) is 1. The lowest BCUT2D eigenvalue weighted by molar-refractivity contribution is -0.141. The molecule has 0 saturated carbocycles. The molecule has 0 radical (unpaired) electrons. The molecular weight excluding hydrogens is 424 g/mol. The normalized spacial score (nSPS) is 12.0. The maximum atomic E-state index is 13.7. The highest BCUT2D eigenvalue weighted by Gasteiger charge is 2.32. The molecule has 3 rings (SSSR count). The van der Waals surface area contributed by atoms with Crippen molar-refractivity contribution in [1.82, 2.24) is 10.2 Å². The third-order valence-corrected chi connectivity index (χ3v) is 5.48. The number of hydrogen-bond acceptors (Lipinski definition) is 3. The van der Waals surface area contributed by atoms with Gasteiger partial charge in [0.05, 0.1) is 13.5 Å². The van der Waals surface area contributed by atoms with Gasteiger partial charge in [-0.3, -0.25) is 9.59 Å². The molecule has 0 aromatic heterocycles. The van der Waals surface area contributed by atoms with Crippen LogP contribution >= 0.6 is 0 Å². The second kappa shape index (κ2) is 11.5. The van der Waals surface area contributed by atoms with Crippen LogP contribution in [0, 0.1) is 0 Å². The number of methoxy groups -OCH3 is 1. The predicted octanol–water partition coefficient (Wildman–Crippen LogP) is 4.79. The van der Waals surface area contributed by atoms with Gasteiger partial charge >= 0.3 is 0 Å². The van der Waals surface area contributed by atoms with Crippen LogP contribution in [0.1, 0.15) is 37.5 Å². The van der Waals surface area contributed by atoms with Crippen LogP contribution in [0.5, 0.6) is 5.75 Å². The molecule has 0 fully saturated rings. The summed E-state index contributed by atoms with van der Waals surface area (Å²) in [6.07, 6.45) is 0.634. The molecule has 2 amide bonds. The summed E-state index contributed by atoms with van der Waals surface area (Å²) >= 11 is 0. The quantitative estimate of drug-likeness (QED) is 0.501. The Morgan fingerprint density at radius 3 is 1.91 bits per heavy atom. The van der Waals surface area contributed by atoms with Gasteiger partial charge in [-0.25, -0.2) is 0 Å². The molecule has 5 heteroatoms. The van der Waals surface area contributed by atoms with Crippen molar-refractivity contribution in [3.8, 4) is 5.75 Å². The SMILES string of the molecule is COc1ccc(CC(=O)N(Cc2ccccc2)[C@H](Cc2ccccc2)C(=O)NC(C)(C)C)cc1. The van der Waals surface area contributed by atoms with Gasteiger partial charge in [0.25, 0.3) is 0 Å². The molecule has 1 atom stereocenters. The van der Waals surface area contributed by atoms with Gasteiger partial charge in [-0.1, -0.05) is 72.8 Å². The molecule has 0 aliphatic heterocycles. The van der Waals surface area contributed by atoms with E-state index in [9.17, 15) is 9.59 Å². The van der Waals surface area contributed by atoms with Crippen LogP contribution in [-0.4, -0.2) is 35.4 Å². The van der Waals surface area contributed by atoms with E-state index in [0.717, 1.165) is 22.4 Å². The maximum Gasteiger partial charge on any atom is 0.243 e. The Morgan fingerprint density at radius 1 is 0.824 bits per heavy atom. The highest BCUT2D eigenvalue weighted by atomic mass is 16.5. The second-order valence-electron chi connectivity index (χ2n) is 9.48. The fourth-order valence-electron chi connectivity index (χ4n) is 3.81. The first-order chi connectivity index (χ1) is 16.2. The van der Waals surface area contributed by atoms with Crippen LogP contribution in [-0.2, 0) is 29.0 Å². The summed E-state index contributed by atoms with van der Waals surface area (Å²) in [6, 6.07) is 26.5. The van der Waals surface area contributed by atoms with Crippen molar-refractivity contribution in [3.63, 3.8) is 0 Å². The van der Waals surface area contributed by atoms with Crippen molar-refractivity contribution in [3.05, 3.63) is 102 Å². The Balaban J connectivity index is 1.95. The van der Waals surface area contributed by atoms with Crippen molar-refractivity contribution < 1.29 is 14.3 Å². The summed E-state index contributed by atoms with van der Waals surface area (Å²) in [4.78, 5) is 28.9. The Bertz CT molecular complexity index is 1060. The Morgan fingerprint density at radius 2 is 1.38 bits per heavy atom. The van der Waals surface area contributed by atoms with Crippen molar-refractivity contribution in [2.75, 3.05) is 7.11 Å². The molecule has 178 valence electrons. The lowest BCUT2D eigenvalue weighted by Crippen LogP contribution is -2.54. The summed E-state index contributed by atoms with van der Waals surface area (Å²) in [5, 5.41) is 3.09. The van der Waals surface area contributed by atoms with Gasteiger partial charge in [0.1, 0.15) is 11.8 Å². The summed E-state index contributed by atoms with van der Waals surface area (Å²) < 4.78 is 5.23. The van der Waals surface area contributed by atoms with Crippen molar-refractivity contribution in [2.45, 2.75) is 51.7 Å². The standard InChI is InChI=1S/C29H34N2O3/c1-29(2,3)30-28(33)26(19-22-11-7-5-8-12-22)31(21-24-13-9-6-10-14-24)27(32)20-23-15-17-25(34-4)18-16-23/h5-18,26H,19-21H2,1-4H3,(H,30,33)/t26-/m1/s1. The van der Waals surface area contributed by atoms with E-state index in [4.69, 9.17) is 4.74 Å². The highest BCUT2D eigenvalue weighted by molar-refractivity contribution is 5.89. The van der Waals surface area contributed by atoms with Gasteiger partial charge in [-0.05, 0) is 49.6 Å². The van der Waals surface area contributed by atoms with E-state index >= 15 is 0 Å². The number of amides is 2. The molecule has 0 aliphatic rings. The first-order valence-corrected chi connectivity index (χ1v) is 11.6. The summed E-state index contributed by atoms with van der Waals surface area (Å²) in [5.41, 5.74) is 2.45. The fourth-order valence-corrected chi connectivity index (χ4v) is 3.81. The zero-order chi connectivity index (χ0) is 24.6. The number of rotatable bonds is 9. The zero-order valence-electron chi connectivity index (χ0n) is 20.5. The third kappa shape index (κ3) is 7.48. The molecule has 0 bridgehead atoms. The van der Waals surface area contributed by atoms with Crippen molar-refractivity contribution in [1.29, 1.82) is 0 Å². The number of carbonyl (C=O) groups is 2. The minimum atomic E-state index is -0.646. The zero-order valence-corrected chi connectivity index (χ0v) is 20.5. The average molecular weight is 459 g/mol. The molecule has 3 aromatic rings. The van der Waals surface area contributed by atoms with Crippen molar-refractivity contribution in [2.24, 2.45) is 0 Å². The summed E-state index contributed by atoms with van der Waals surface area (Å²) in [6.45, 7) is 6.20. The molecule has 34 heavy (non-hydrogen) atoms. The van der Waals surface area contributed by atoms with Gasteiger partial charge in [-0.2, -0.15) is 0 Å². The van der Waals surface area contributed by atoms with Gasteiger partial charge in [0, 0.05) is 18.5 Å². The number of hydrogen-bond donors (Lipinski definition) is 1. The van der Waals surface area contributed by atoms with Gasteiger partial charge in [-0.15, -0.1) is 0 Å². The summed E-state index contributed by atoms with van der Waals surface area (Å²) in [5.74, 6) is 0.484. The Hall–Kier alpha value is -3.60. The van der Waals surface area contributed by atoms with E-state index in [1.165, 1.54) is 0 Å². The average Bonchev–Trinajstić information content (AvgIpc) is 2.82. The minimum absolute atomic E-state index is 0.0981. The molecule has 1 N–H and O–H groups in total. The molecule has 0 saturated heterocycles. The van der Waals surface area contributed by atoms with Crippen LogP contribution in [0.25, 0.3) is 0 Å². The molecular formula is C29H34N2O3. The van der Waals surface area contributed by atoms with Crippen LogP contribution in [0.2, 0.25) is 0 Å². The predicted molar refractivity (Wildman–Crippen MR) is 136 cm³/mol. The molecule has 0 spiro atoms. The Labute approximate surface area is 202 Å². The number of nitrogens with one attached hydrogen (secondary N) is 1. The molecule has 0 aliphatic carbocycles. The molecule has 0 unspecified atom stereocenters. The van der Waals surface area contributed by atoms with E-state index in [1.807, 2.05) is 106 Å². The Kier molecular flexibility index (Phi) is 8.47. The van der Waals surface area contributed by atoms with Gasteiger partial charge in [0.15, 0.2) is 0 Å². The smallest absolute Gasteiger partial charge is 0.243 e. The third-order valence-electron chi connectivity index (χ3n) is 5.48. The van der Waals surface area contributed by atoms with Crippen LogP contribution in [0.3, 0.4) is 0 Å². The van der Waals surface area contributed by atoms with Gasteiger partial charge < -0.3 is 15.0 Å². The number of ether oxygens (including phenoxy) is 1. The first-order valence-electron chi connectivity index (χ1n) is 11.6. The van der Waals surface area contributed by atoms with Crippen LogP contribution < -0.4 is 10.1 Å². The lowest BCUT2D eigenvalue weighted by atomic mass is 10.00. The van der Waals surface area contributed by atoms with E-state index in [-0.39, 0.29) is 18.2 Å². The molecule has 3 aromatic carbocycles. The highest BCUT2D eigenvalue weighted by Crippen LogP contribution is 2.18. The van der Waals surface area contributed by atoms with Crippen molar-refractivity contribution >= 4 is 11.8 Å². The van der Waals surface area contributed by atoms with Crippen LogP contribution in [0.4, 0.5) is 0 Å². The van der Waals surface area contributed by atoms with E-state index < -0.39 is 11.6 Å². The second-order valence-corrected chi connectivity index (χ2v) is 9.48. The largest absolute Gasteiger partial charge is 0.497 e. The van der Waals surface area contributed by atoms with Gasteiger partial charge in [0.2, 0.25) is 11.8 Å².